The van der Waals surface area contributed by atoms with E-state index in [1.54, 1.807) is 6.20 Å². The molecule has 62 valence electrons. The lowest BCUT2D eigenvalue weighted by atomic mass is 10.7. The summed E-state index contributed by atoms with van der Waals surface area (Å²) in [6.45, 7) is 0. The van der Waals surface area contributed by atoms with E-state index in [0.29, 0.717) is 11.1 Å². The van der Waals surface area contributed by atoms with Crippen LogP contribution >= 0.6 is 31.0 Å². The molecular formula is C3H5N2O3PS2. The SMILES string of the molecule is O=[PH](OSS)Oc1cc[nH]n1. The molecule has 0 fully saturated rings. The molecule has 8 heteroatoms. The third-order valence-electron chi connectivity index (χ3n) is 0.768. The number of thiol groups is 1. The van der Waals surface area contributed by atoms with Gasteiger partial charge in [0, 0.05) is 12.3 Å². The van der Waals surface area contributed by atoms with E-state index in [9.17, 15) is 4.57 Å². The molecular weight excluding hydrogens is 207 g/mol. The number of rotatable bonds is 4. The molecule has 1 N–H and O–H groups in total. The van der Waals surface area contributed by atoms with Gasteiger partial charge in [0.1, 0.15) is 0 Å². The highest BCUT2D eigenvalue weighted by molar-refractivity contribution is 8.67. The van der Waals surface area contributed by atoms with Crippen LogP contribution in [0.3, 0.4) is 0 Å². The summed E-state index contributed by atoms with van der Waals surface area (Å²) in [5.74, 6) is 0.247. The molecule has 0 spiro atoms. The van der Waals surface area contributed by atoms with Crippen LogP contribution in [0.5, 0.6) is 5.88 Å². The molecule has 0 radical (unpaired) electrons. The Labute approximate surface area is 72.8 Å². The van der Waals surface area contributed by atoms with E-state index in [-0.39, 0.29) is 5.88 Å². The van der Waals surface area contributed by atoms with Crippen LogP contribution in [0.2, 0.25) is 0 Å². The van der Waals surface area contributed by atoms with Crippen LogP contribution in [0.25, 0.3) is 0 Å². The number of nitrogens with one attached hydrogen (secondary N) is 1. The summed E-state index contributed by atoms with van der Waals surface area (Å²) in [6.07, 6.45) is 1.55. The van der Waals surface area contributed by atoms with E-state index in [0.717, 1.165) is 0 Å². The van der Waals surface area contributed by atoms with Crippen LogP contribution in [0.1, 0.15) is 0 Å². The summed E-state index contributed by atoms with van der Waals surface area (Å²) < 4.78 is 19.9. The first-order valence-corrected chi connectivity index (χ1v) is 5.54. The molecule has 0 bridgehead atoms. The van der Waals surface area contributed by atoms with Gasteiger partial charge >= 0.3 is 8.25 Å². The lowest BCUT2D eigenvalue weighted by Gasteiger charge is -1.98. The molecule has 0 aliphatic rings. The monoisotopic (exact) mass is 212 g/mol. The van der Waals surface area contributed by atoms with E-state index in [2.05, 4.69) is 25.8 Å². The molecule has 1 heterocycles. The molecule has 0 aliphatic heterocycles. The smallest absolute Gasteiger partial charge is 0.380 e. The van der Waals surface area contributed by atoms with Gasteiger partial charge in [0.15, 0.2) is 0 Å². The zero-order chi connectivity index (χ0) is 8.10. The van der Waals surface area contributed by atoms with E-state index in [4.69, 9.17) is 4.52 Å². The molecule has 1 atom stereocenters. The Balaban J connectivity index is 2.37. The van der Waals surface area contributed by atoms with Crippen molar-refractivity contribution in [2.24, 2.45) is 0 Å². The number of H-pyrrole nitrogens is 1. The van der Waals surface area contributed by atoms with Crippen molar-refractivity contribution in [1.82, 2.24) is 10.2 Å². The van der Waals surface area contributed by atoms with Crippen molar-refractivity contribution >= 4 is 31.0 Å². The molecule has 0 saturated heterocycles. The molecule has 1 unspecified atom stereocenters. The first kappa shape index (κ1) is 8.99. The van der Waals surface area contributed by atoms with Crippen molar-refractivity contribution in [3.05, 3.63) is 12.3 Å². The molecule has 1 rings (SSSR count). The Morgan fingerprint density at radius 2 is 2.64 bits per heavy atom. The minimum absolute atomic E-state index is 0.247. The van der Waals surface area contributed by atoms with Gasteiger partial charge in [-0.05, 0) is 0 Å². The molecule has 0 amide bonds. The Morgan fingerprint density at radius 1 is 1.82 bits per heavy atom. The summed E-state index contributed by atoms with van der Waals surface area (Å²) in [5.41, 5.74) is 0. The normalized spacial score (nSPS) is 12.8. The van der Waals surface area contributed by atoms with E-state index >= 15 is 0 Å². The van der Waals surface area contributed by atoms with Crippen LogP contribution in [-0.2, 0) is 8.54 Å². The minimum Gasteiger partial charge on any atom is -0.406 e. The van der Waals surface area contributed by atoms with Crippen molar-refractivity contribution < 1.29 is 13.1 Å². The second-order valence-electron chi connectivity index (χ2n) is 1.42. The van der Waals surface area contributed by atoms with Crippen LogP contribution < -0.4 is 4.52 Å². The summed E-state index contributed by atoms with van der Waals surface area (Å²) >= 11 is 4.32. The fraction of sp³-hybridized carbons (Fsp3) is 0. The maximum Gasteiger partial charge on any atom is 0.380 e. The molecule has 0 aromatic carbocycles. The molecule has 5 nitrogen and oxygen atoms in total. The van der Waals surface area contributed by atoms with Crippen molar-refractivity contribution in [2.45, 2.75) is 0 Å². The van der Waals surface area contributed by atoms with Crippen molar-refractivity contribution in [2.75, 3.05) is 0 Å². The van der Waals surface area contributed by atoms with Crippen LogP contribution in [0.4, 0.5) is 0 Å². The molecule has 11 heavy (non-hydrogen) atoms. The third kappa shape index (κ3) is 3.20. The first-order valence-electron chi connectivity index (χ1n) is 2.52. The highest BCUT2D eigenvalue weighted by Crippen LogP contribution is 2.32. The second kappa shape index (κ2) is 4.71. The lowest BCUT2D eigenvalue weighted by Crippen LogP contribution is -1.80. The summed E-state index contributed by atoms with van der Waals surface area (Å²) in [4.78, 5) is 0. The summed E-state index contributed by atoms with van der Waals surface area (Å²) in [6, 6.07) is 1.54. The second-order valence-corrected chi connectivity index (χ2v) is 3.39. The fourth-order valence-corrected chi connectivity index (χ4v) is 1.65. The third-order valence-corrected chi connectivity index (χ3v) is 2.66. The van der Waals surface area contributed by atoms with Gasteiger partial charge in [-0.25, -0.2) is 8.54 Å². The maximum absolute atomic E-state index is 10.7. The highest BCUT2D eigenvalue weighted by Gasteiger charge is 2.01. The standard InChI is InChI=1S/C3H5N2O3PS2/c6-9(8-11-10)7-3-1-2-4-5-3/h1-2,9-10H,(H,4,5). The van der Waals surface area contributed by atoms with Gasteiger partial charge < -0.3 is 4.52 Å². The predicted octanol–water partition coefficient (Wildman–Crippen LogP) is 1.69. The Hall–Kier alpha value is -0.100. The number of hydrogen-bond acceptors (Lipinski definition) is 6. The molecule has 0 saturated carbocycles. The van der Waals surface area contributed by atoms with Gasteiger partial charge in [-0.15, -0.1) is 5.10 Å². The van der Waals surface area contributed by atoms with E-state index in [1.165, 1.54) is 6.07 Å². The number of hydrogen-bond donors (Lipinski definition) is 2. The molecule has 1 aromatic heterocycles. The first-order chi connectivity index (χ1) is 5.33. The average molecular weight is 212 g/mol. The fourth-order valence-electron chi connectivity index (χ4n) is 0.436. The maximum atomic E-state index is 10.7. The average Bonchev–Trinajstić information content (AvgIpc) is 2.40. The number of aromatic amines is 1. The summed E-state index contributed by atoms with van der Waals surface area (Å²) in [5, 5.41) is 6.10. The molecule has 1 aromatic rings. The quantitative estimate of drug-likeness (QED) is 0.344. The molecule has 0 aliphatic carbocycles. The van der Waals surface area contributed by atoms with Crippen LogP contribution in [-0.4, -0.2) is 10.2 Å². The van der Waals surface area contributed by atoms with Gasteiger partial charge in [-0.3, -0.25) is 5.10 Å². The lowest BCUT2D eigenvalue weighted by molar-refractivity contribution is 0.431. The van der Waals surface area contributed by atoms with Crippen LogP contribution in [0, 0.1) is 0 Å². The van der Waals surface area contributed by atoms with Gasteiger partial charge in [0.2, 0.25) is 5.88 Å². The Kier molecular flexibility index (Phi) is 3.85. The van der Waals surface area contributed by atoms with Gasteiger partial charge in [-0.1, -0.05) is 11.7 Å². The van der Waals surface area contributed by atoms with Gasteiger partial charge in [-0.2, -0.15) is 0 Å². The Morgan fingerprint density at radius 3 is 3.18 bits per heavy atom. The largest absolute Gasteiger partial charge is 0.406 e. The topological polar surface area (TPSA) is 64.2 Å². The highest BCUT2D eigenvalue weighted by atomic mass is 33.1. The predicted molar refractivity (Wildman–Crippen MR) is 45.9 cm³/mol. The van der Waals surface area contributed by atoms with E-state index in [1.807, 2.05) is 0 Å². The zero-order valence-corrected chi connectivity index (χ0v) is 7.89. The zero-order valence-electron chi connectivity index (χ0n) is 5.18. The van der Waals surface area contributed by atoms with Crippen molar-refractivity contribution in [3.63, 3.8) is 0 Å². The minimum atomic E-state index is -2.51. The Bertz CT molecular complexity index is 228. The van der Waals surface area contributed by atoms with Gasteiger partial charge in [0.05, 0.1) is 11.1 Å². The van der Waals surface area contributed by atoms with Crippen LogP contribution in [0.15, 0.2) is 12.3 Å². The van der Waals surface area contributed by atoms with Crippen molar-refractivity contribution in [1.29, 1.82) is 0 Å². The summed E-state index contributed by atoms with van der Waals surface area (Å²) in [7, 11) is -2.51. The van der Waals surface area contributed by atoms with Crippen molar-refractivity contribution in [3.8, 4) is 5.88 Å². The van der Waals surface area contributed by atoms with Gasteiger partial charge in [0.25, 0.3) is 0 Å². The number of nitrogens with zero attached hydrogens (tertiary/aromatic N) is 1. The number of aromatic nitrogens is 2. The van der Waals surface area contributed by atoms with E-state index < -0.39 is 8.25 Å².